The number of para-hydroxylation sites is 1. The number of ether oxygens (including phenoxy) is 1. The van der Waals surface area contributed by atoms with Crippen LogP contribution in [0.15, 0.2) is 65.7 Å². The fourth-order valence-corrected chi connectivity index (χ4v) is 3.68. The van der Waals surface area contributed by atoms with E-state index in [9.17, 15) is 4.79 Å². The van der Waals surface area contributed by atoms with Gasteiger partial charge in [0, 0.05) is 17.3 Å². The summed E-state index contributed by atoms with van der Waals surface area (Å²) in [4.78, 5) is 12.6. The van der Waals surface area contributed by atoms with Crippen molar-refractivity contribution in [2.45, 2.75) is 13.8 Å². The lowest BCUT2D eigenvalue weighted by Gasteiger charge is -2.09. The fourth-order valence-electron chi connectivity index (χ4n) is 2.98. The predicted octanol–water partition coefficient (Wildman–Crippen LogP) is 4.71. The second kappa shape index (κ2) is 8.59. The molecule has 0 spiro atoms. The van der Waals surface area contributed by atoms with Crippen molar-refractivity contribution in [1.29, 1.82) is 5.41 Å². The van der Waals surface area contributed by atoms with E-state index in [-0.39, 0.29) is 11.1 Å². The van der Waals surface area contributed by atoms with Gasteiger partial charge in [-0.25, -0.2) is 4.68 Å². The molecular formula is C23H22N4O2S. The molecule has 0 aliphatic carbocycles. The molecule has 0 atom stereocenters. The summed E-state index contributed by atoms with van der Waals surface area (Å²) in [6, 6.07) is 17.6. The molecule has 4 rings (SSSR count). The van der Waals surface area contributed by atoms with Crippen LogP contribution in [0.25, 0.3) is 23.0 Å². The maximum atomic E-state index is 12.1. The summed E-state index contributed by atoms with van der Waals surface area (Å²) in [6.45, 7) is 4.89. The van der Waals surface area contributed by atoms with E-state index in [1.165, 1.54) is 0 Å². The van der Waals surface area contributed by atoms with Crippen molar-refractivity contribution in [2.24, 2.45) is 5.92 Å². The Morgan fingerprint density at radius 2 is 1.90 bits per heavy atom. The highest BCUT2D eigenvalue weighted by Gasteiger charge is 2.23. The van der Waals surface area contributed by atoms with E-state index >= 15 is 0 Å². The number of amides is 1. The molecule has 2 aromatic carbocycles. The normalized spacial score (nSPS) is 15.1. The predicted molar refractivity (Wildman–Crippen MR) is 121 cm³/mol. The average molecular weight is 419 g/mol. The summed E-state index contributed by atoms with van der Waals surface area (Å²) in [6.07, 6.45) is 3.68. The average Bonchev–Trinajstić information content (AvgIpc) is 3.30. The minimum absolute atomic E-state index is 0.134. The smallest absolute Gasteiger partial charge is 0.264 e. The first kappa shape index (κ1) is 20.0. The Hall–Kier alpha value is -3.32. The summed E-state index contributed by atoms with van der Waals surface area (Å²) in [5.41, 5.74) is 3.42. The molecule has 0 saturated carbocycles. The maximum Gasteiger partial charge on any atom is 0.264 e. The summed E-state index contributed by atoms with van der Waals surface area (Å²) < 4.78 is 7.58. The van der Waals surface area contributed by atoms with Crippen LogP contribution in [-0.2, 0) is 4.79 Å². The van der Waals surface area contributed by atoms with Crippen molar-refractivity contribution in [3.8, 4) is 22.7 Å². The largest absolute Gasteiger partial charge is 0.493 e. The Morgan fingerprint density at radius 3 is 2.53 bits per heavy atom. The quantitative estimate of drug-likeness (QED) is 0.568. The summed E-state index contributed by atoms with van der Waals surface area (Å²) >= 11 is 1.12. The Bertz CT molecular complexity index is 1100. The Balaban J connectivity index is 1.72. The number of benzene rings is 2. The van der Waals surface area contributed by atoms with Crippen molar-refractivity contribution >= 4 is 28.9 Å². The Labute approximate surface area is 179 Å². The molecule has 1 fully saturated rings. The van der Waals surface area contributed by atoms with E-state index in [4.69, 9.17) is 15.2 Å². The number of hydrogen-bond acceptors (Lipinski definition) is 5. The second-order valence-electron chi connectivity index (χ2n) is 7.34. The van der Waals surface area contributed by atoms with Crippen LogP contribution in [0.4, 0.5) is 0 Å². The molecular weight excluding hydrogens is 396 g/mol. The van der Waals surface area contributed by atoms with Crippen LogP contribution in [0.3, 0.4) is 0 Å². The van der Waals surface area contributed by atoms with E-state index < -0.39 is 0 Å². The number of hydrogen-bond donors (Lipinski definition) is 2. The van der Waals surface area contributed by atoms with Gasteiger partial charge in [-0.3, -0.25) is 10.2 Å². The lowest BCUT2D eigenvalue weighted by atomic mass is 10.1. The van der Waals surface area contributed by atoms with Crippen LogP contribution in [0, 0.1) is 11.3 Å². The number of rotatable bonds is 6. The molecule has 6 nitrogen and oxygen atoms in total. The first-order valence-electron chi connectivity index (χ1n) is 9.67. The van der Waals surface area contributed by atoms with Crippen LogP contribution in [0.5, 0.6) is 5.75 Å². The molecule has 1 amide bonds. The summed E-state index contributed by atoms with van der Waals surface area (Å²) in [5, 5.41) is 15.1. The Morgan fingerprint density at radius 1 is 1.17 bits per heavy atom. The number of aromatic nitrogens is 2. The summed E-state index contributed by atoms with van der Waals surface area (Å²) in [5.74, 6) is 1.01. The summed E-state index contributed by atoms with van der Waals surface area (Å²) in [7, 11) is 0. The molecule has 30 heavy (non-hydrogen) atoms. The van der Waals surface area contributed by atoms with Crippen LogP contribution in [0.2, 0.25) is 0 Å². The van der Waals surface area contributed by atoms with E-state index in [0.29, 0.717) is 17.4 Å². The number of nitrogens with one attached hydrogen (secondary N) is 2. The van der Waals surface area contributed by atoms with Gasteiger partial charge in [-0.1, -0.05) is 32.0 Å². The van der Waals surface area contributed by atoms with Gasteiger partial charge in [-0.15, -0.1) is 0 Å². The molecule has 1 aliphatic heterocycles. The lowest BCUT2D eigenvalue weighted by Crippen LogP contribution is -2.18. The van der Waals surface area contributed by atoms with Gasteiger partial charge >= 0.3 is 0 Å². The molecule has 7 heteroatoms. The zero-order chi connectivity index (χ0) is 21.1. The van der Waals surface area contributed by atoms with Crippen LogP contribution >= 0.6 is 11.8 Å². The molecule has 2 N–H and O–H groups in total. The number of amidine groups is 1. The van der Waals surface area contributed by atoms with E-state index in [2.05, 4.69) is 19.2 Å². The number of carbonyl (C=O) groups is 1. The third-order valence-electron chi connectivity index (χ3n) is 4.42. The topological polar surface area (TPSA) is 80.0 Å². The molecule has 0 bridgehead atoms. The SMILES string of the molecule is CC(C)COc1ccc(-c2nn(-c3ccccc3)cc2C=C2SC(=N)NC2=O)cc1. The van der Waals surface area contributed by atoms with Gasteiger partial charge in [0.05, 0.1) is 22.9 Å². The van der Waals surface area contributed by atoms with E-state index in [0.717, 1.165) is 40.0 Å². The van der Waals surface area contributed by atoms with Gasteiger partial charge in [0.2, 0.25) is 0 Å². The number of carbonyl (C=O) groups excluding carboxylic acids is 1. The van der Waals surface area contributed by atoms with Gasteiger partial charge in [0.25, 0.3) is 5.91 Å². The first-order valence-corrected chi connectivity index (χ1v) is 10.5. The van der Waals surface area contributed by atoms with Gasteiger partial charge in [0.1, 0.15) is 5.75 Å². The highest BCUT2D eigenvalue weighted by atomic mass is 32.2. The van der Waals surface area contributed by atoms with Crippen molar-refractivity contribution in [2.75, 3.05) is 6.61 Å². The molecule has 1 aliphatic rings. The minimum atomic E-state index is -0.263. The fraction of sp³-hybridized carbons (Fsp3) is 0.174. The molecule has 1 saturated heterocycles. The van der Waals surface area contributed by atoms with E-state index in [1.54, 1.807) is 10.8 Å². The van der Waals surface area contributed by atoms with Gasteiger partial charge < -0.3 is 10.1 Å². The van der Waals surface area contributed by atoms with Crippen LogP contribution < -0.4 is 10.1 Å². The van der Waals surface area contributed by atoms with Gasteiger partial charge in [-0.05, 0) is 60.2 Å². The third kappa shape index (κ3) is 4.46. The molecule has 0 unspecified atom stereocenters. The molecule has 2 heterocycles. The maximum absolute atomic E-state index is 12.1. The van der Waals surface area contributed by atoms with E-state index in [1.807, 2.05) is 60.8 Å². The monoisotopic (exact) mass is 418 g/mol. The molecule has 0 radical (unpaired) electrons. The number of thioether (sulfide) groups is 1. The van der Waals surface area contributed by atoms with Gasteiger partial charge in [-0.2, -0.15) is 5.10 Å². The zero-order valence-electron chi connectivity index (χ0n) is 16.8. The minimum Gasteiger partial charge on any atom is -0.493 e. The lowest BCUT2D eigenvalue weighted by molar-refractivity contribution is -0.115. The first-order chi connectivity index (χ1) is 14.5. The standard InChI is InChI=1S/C23H22N4O2S/c1-15(2)14-29-19-10-8-16(9-11-19)21-17(12-20-22(28)25-23(24)30-20)13-27(26-21)18-6-4-3-5-7-18/h3-13,15H,14H2,1-2H3,(H2,24,25,28). The second-order valence-corrected chi connectivity index (χ2v) is 8.39. The van der Waals surface area contributed by atoms with Crippen molar-refractivity contribution in [3.63, 3.8) is 0 Å². The van der Waals surface area contributed by atoms with Crippen LogP contribution in [0.1, 0.15) is 19.4 Å². The van der Waals surface area contributed by atoms with Crippen molar-refractivity contribution in [1.82, 2.24) is 15.1 Å². The van der Waals surface area contributed by atoms with Crippen LogP contribution in [-0.4, -0.2) is 27.5 Å². The molecule has 1 aromatic heterocycles. The third-order valence-corrected chi connectivity index (χ3v) is 5.25. The van der Waals surface area contributed by atoms with Crippen molar-refractivity contribution in [3.05, 3.63) is 71.3 Å². The highest BCUT2D eigenvalue weighted by molar-refractivity contribution is 8.18. The molecule has 152 valence electrons. The molecule has 3 aromatic rings. The Kier molecular flexibility index (Phi) is 5.72. The number of nitrogens with zero attached hydrogens (tertiary/aromatic N) is 2. The van der Waals surface area contributed by atoms with Crippen molar-refractivity contribution < 1.29 is 9.53 Å². The highest BCUT2D eigenvalue weighted by Crippen LogP contribution is 2.31. The zero-order valence-corrected chi connectivity index (χ0v) is 17.6. The van der Waals surface area contributed by atoms with Gasteiger partial charge in [0.15, 0.2) is 5.17 Å².